The molecule has 2 N–H and O–H groups in total. The number of hydrogen-bond acceptors (Lipinski definition) is 5. The molecule has 0 aliphatic carbocycles. The van der Waals surface area contributed by atoms with Crippen molar-refractivity contribution in [2.75, 3.05) is 19.5 Å². The SMILES string of the molecule is COc1ccc(SCC(=O)NC(CCOC(C)(C)C)C(=O)O)cc1. The Bertz CT molecular complexity index is 539. The summed E-state index contributed by atoms with van der Waals surface area (Å²) in [6.07, 6.45) is 0.228. The lowest BCUT2D eigenvalue weighted by Crippen LogP contribution is -2.42. The van der Waals surface area contributed by atoms with Crippen LogP contribution in [0.1, 0.15) is 27.2 Å². The van der Waals surface area contributed by atoms with E-state index in [0.29, 0.717) is 0 Å². The minimum Gasteiger partial charge on any atom is -0.497 e. The maximum atomic E-state index is 12.0. The van der Waals surface area contributed by atoms with E-state index in [1.54, 1.807) is 7.11 Å². The minimum absolute atomic E-state index is 0.149. The van der Waals surface area contributed by atoms with Crippen LogP contribution in [0.15, 0.2) is 29.2 Å². The number of carbonyl (C=O) groups is 2. The summed E-state index contributed by atoms with van der Waals surface area (Å²) in [7, 11) is 1.59. The van der Waals surface area contributed by atoms with E-state index in [0.717, 1.165) is 10.6 Å². The smallest absolute Gasteiger partial charge is 0.326 e. The molecule has 1 amide bonds. The number of thioether (sulfide) groups is 1. The second kappa shape index (κ2) is 9.54. The van der Waals surface area contributed by atoms with Crippen molar-refractivity contribution in [3.05, 3.63) is 24.3 Å². The number of amides is 1. The summed E-state index contributed by atoms with van der Waals surface area (Å²) in [5, 5.41) is 11.7. The van der Waals surface area contributed by atoms with Crippen molar-refractivity contribution >= 4 is 23.6 Å². The van der Waals surface area contributed by atoms with Gasteiger partial charge in [0.25, 0.3) is 0 Å². The molecule has 0 fully saturated rings. The molecule has 0 aliphatic heterocycles. The summed E-state index contributed by atoms with van der Waals surface area (Å²) in [5.41, 5.74) is -0.336. The number of carboxylic acids is 1. The number of methoxy groups -OCH3 is 1. The number of benzene rings is 1. The van der Waals surface area contributed by atoms with Crippen LogP contribution in [0.3, 0.4) is 0 Å². The maximum absolute atomic E-state index is 12.0. The molecular weight excluding hydrogens is 330 g/mol. The van der Waals surface area contributed by atoms with Crippen LogP contribution in [0.4, 0.5) is 0 Å². The third kappa shape index (κ3) is 8.21. The molecule has 6 nitrogen and oxygen atoms in total. The molecule has 0 saturated carbocycles. The fourth-order valence-corrected chi connectivity index (χ4v) is 2.51. The predicted molar refractivity (Wildman–Crippen MR) is 93.6 cm³/mol. The number of ether oxygens (including phenoxy) is 2. The van der Waals surface area contributed by atoms with Gasteiger partial charge in [-0.15, -0.1) is 11.8 Å². The summed E-state index contributed by atoms with van der Waals surface area (Å²) in [4.78, 5) is 24.1. The summed E-state index contributed by atoms with van der Waals surface area (Å²) in [5.74, 6) is -0.487. The van der Waals surface area contributed by atoms with Crippen molar-refractivity contribution in [1.29, 1.82) is 0 Å². The van der Waals surface area contributed by atoms with E-state index in [2.05, 4.69) is 5.32 Å². The Balaban J connectivity index is 2.42. The monoisotopic (exact) mass is 355 g/mol. The lowest BCUT2D eigenvalue weighted by atomic mass is 10.2. The van der Waals surface area contributed by atoms with Gasteiger partial charge >= 0.3 is 5.97 Å². The van der Waals surface area contributed by atoms with E-state index < -0.39 is 12.0 Å². The average molecular weight is 355 g/mol. The van der Waals surface area contributed by atoms with Gasteiger partial charge in [0.15, 0.2) is 0 Å². The first-order valence-electron chi connectivity index (χ1n) is 7.64. The number of carbonyl (C=O) groups excluding carboxylic acids is 1. The quantitative estimate of drug-likeness (QED) is 0.662. The Morgan fingerprint density at radius 2 is 1.88 bits per heavy atom. The Kier molecular flexibility index (Phi) is 8.07. The molecule has 1 aromatic carbocycles. The van der Waals surface area contributed by atoms with Gasteiger partial charge in [-0.2, -0.15) is 0 Å². The van der Waals surface area contributed by atoms with E-state index in [1.165, 1.54) is 11.8 Å². The zero-order valence-electron chi connectivity index (χ0n) is 14.5. The van der Waals surface area contributed by atoms with Gasteiger partial charge < -0.3 is 19.9 Å². The summed E-state index contributed by atoms with van der Waals surface area (Å²) < 4.78 is 10.6. The molecule has 1 unspecified atom stereocenters. The predicted octanol–water partition coefficient (Wildman–Crippen LogP) is 2.56. The molecule has 0 heterocycles. The molecule has 1 atom stereocenters. The molecule has 1 aromatic rings. The van der Waals surface area contributed by atoms with Crippen LogP contribution in [0.2, 0.25) is 0 Å². The van der Waals surface area contributed by atoms with Crippen LogP contribution in [0, 0.1) is 0 Å². The largest absolute Gasteiger partial charge is 0.497 e. The van der Waals surface area contributed by atoms with E-state index in [1.807, 2.05) is 45.0 Å². The number of nitrogens with one attached hydrogen (secondary N) is 1. The molecule has 1 rings (SSSR count). The Labute approximate surface area is 146 Å². The highest BCUT2D eigenvalue weighted by atomic mass is 32.2. The number of aliphatic carboxylic acids is 1. The molecule has 0 aliphatic rings. The van der Waals surface area contributed by atoms with Gasteiger partial charge in [0.05, 0.1) is 18.5 Å². The second-order valence-corrected chi connectivity index (χ2v) is 7.22. The maximum Gasteiger partial charge on any atom is 0.326 e. The lowest BCUT2D eigenvalue weighted by Gasteiger charge is -2.21. The molecule has 0 radical (unpaired) electrons. The number of carboxylic acid groups (broad SMARTS) is 1. The molecule has 0 aromatic heterocycles. The standard InChI is InChI=1S/C17H25NO5S/c1-17(2,3)23-10-9-14(16(20)21)18-15(19)11-24-13-7-5-12(22-4)6-8-13/h5-8,14H,9-11H2,1-4H3,(H,18,19)(H,20,21). The van der Waals surface area contributed by atoms with Gasteiger partial charge in [0, 0.05) is 17.9 Å². The van der Waals surface area contributed by atoms with Crippen LogP contribution >= 0.6 is 11.8 Å². The van der Waals surface area contributed by atoms with E-state index >= 15 is 0 Å². The summed E-state index contributed by atoms with van der Waals surface area (Å²) >= 11 is 1.34. The van der Waals surface area contributed by atoms with Crippen LogP contribution in [-0.4, -0.2) is 48.1 Å². The number of rotatable bonds is 9. The van der Waals surface area contributed by atoms with Gasteiger partial charge in [-0.1, -0.05) is 0 Å². The van der Waals surface area contributed by atoms with Crippen molar-refractivity contribution in [2.45, 2.75) is 43.7 Å². The molecule has 7 heteroatoms. The third-order valence-corrected chi connectivity index (χ3v) is 4.02. The Hall–Kier alpha value is -1.73. The van der Waals surface area contributed by atoms with Crippen LogP contribution in [0.25, 0.3) is 0 Å². The second-order valence-electron chi connectivity index (χ2n) is 6.17. The average Bonchev–Trinajstić information content (AvgIpc) is 2.51. The van der Waals surface area contributed by atoms with E-state index in [9.17, 15) is 14.7 Å². The van der Waals surface area contributed by atoms with E-state index in [-0.39, 0.29) is 30.3 Å². The van der Waals surface area contributed by atoms with Crippen molar-refractivity contribution in [3.8, 4) is 5.75 Å². The highest BCUT2D eigenvalue weighted by molar-refractivity contribution is 8.00. The van der Waals surface area contributed by atoms with Gasteiger partial charge in [-0.3, -0.25) is 4.79 Å². The fourth-order valence-electron chi connectivity index (χ4n) is 1.80. The van der Waals surface area contributed by atoms with Crippen LogP contribution in [-0.2, 0) is 14.3 Å². The molecular formula is C17H25NO5S. The highest BCUT2D eigenvalue weighted by Gasteiger charge is 2.21. The van der Waals surface area contributed by atoms with Gasteiger partial charge in [0.2, 0.25) is 5.91 Å². The highest BCUT2D eigenvalue weighted by Crippen LogP contribution is 2.21. The first-order valence-corrected chi connectivity index (χ1v) is 8.63. The van der Waals surface area contributed by atoms with Crippen LogP contribution in [0.5, 0.6) is 5.75 Å². The topological polar surface area (TPSA) is 84.9 Å². The normalized spacial score (nSPS) is 12.5. The van der Waals surface area contributed by atoms with E-state index in [4.69, 9.17) is 9.47 Å². The van der Waals surface area contributed by atoms with Gasteiger partial charge in [-0.05, 0) is 45.0 Å². The molecule has 0 bridgehead atoms. The van der Waals surface area contributed by atoms with Crippen molar-refractivity contribution in [1.82, 2.24) is 5.32 Å². The first kappa shape index (κ1) is 20.3. The zero-order valence-corrected chi connectivity index (χ0v) is 15.3. The van der Waals surface area contributed by atoms with Gasteiger partial charge in [0.1, 0.15) is 11.8 Å². The molecule has 0 spiro atoms. The third-order valence-electron chi connectivity index (χ3n) is 3.00. The fraction of sp³-hybridized carbons (Fsp3) is 0.529. The number of hydrogen-bond donors (Lipinski definition) is 2. The Morgan fingerprint density at radius 1 is 1.25 bits per heavy atom. The van der Waals surface area contributed by atoms with Crippen molar-refractivity contribution in [3.63, 3.8) is 0 Å². The zero-order chi connectivity index (χ0) is 18.2. The molecule has 24 heavy (non-hydrogen) atoms. The van der Waals surface area contributed by atoms with Crippen molar-refractivity contribution in [2.24, 2.45) is 0 Å². The van der Waals surface area contributed by atoms with Crippen LogP contribution < -0.4 is 10.1 Å². The minimum atomic E-state index is -1.06. The molecule has 0 saturated heterocycles. The summed E-state index contributed by atoms with van der Waals surface area (Å²) in [6.45, 7) is 5.96. The molecule has 134 valence electrons. The summed E-state index contributed by atoms with van der Waals surface area (Å²) in [6, 6.07) is 6.37. The first-order chi connectivity index (χ1) is 11.2. The Morgan fingerprint density at radius 3 is 2.38 bits per heavy atom. The van der Waals surface area contributed by atoms with Crippen molar-refractivity contribution < 1.29 is 24.2 Å². The lowest BCUT2D eigenvalue weighted by molar-refractivity contribution is -0.142. The van der Waals surface area contributed by atoms with Gasteiger partial charge in [-0.25, -0.2) is 4.79 Å².